The number of carboxylic acids is 2. The maximum atomic E-state index is 11.6. The van der Waals surface area contributed by atoms with E-state index in [9.17, 15) is 24.6 Å². The highest BCUT2D eigenvalue weighted by atomic mass is 16.6. The van der Waals surface area contributed by atoms with Crippen LogP contribution in [0.1, 0.15) is 38.5 Å². The Bertz CT molecular complexity index is 447. The van der Waals surface area contributed by atoms with Crippen LogP contribution in [-0.2, 0) is 23.9 Å². The van der Waals surface area contributed by atoms with E-state index in [0.29, 0.717) is 12.8 Å². The fraction of sp³-hybridized carbons (Fsp3) is 0.667. The van der Waals surface area contributed by atoms with Crippen LogP contribution in [0.25, 0.3) is 0 Å². The van der Waals surface area contributed by atoms with E-state index in [0.717, 1.165) is 19.3 Å². The standard InChI is InChI=1S/C15H22O7/c1-21-7-8-22-12(16)9-11(14(17)18)13(15(19)20)10-5-3-2-4-6-10/h10H,2-9H2,1H3,(H,17,18)(H,19,20)/p-2/b13-11+. The number of carbonyl (C=O) groups excluding carboxylic acids is 3. The third-order valence-corrected chi connectivity index (χ3v) is 3.68. The Kier molecular flexibility index (Phi) is 7.59. The Morgan fingerprint density at radius 1 is 1.00 bits per heavy atom. The summed E-state index contributed by atoms with van der Waals surface area (Å²) in [6.07, 6.45) is 3.11. The maximum absolute atomic E-state index is 11.6. The van der Waals surface area contributed by atoms with Crippen molar-refractivity contribution in [3.8, 4) is 0 Å². The van der Waals surface area contributed by atoms with Gasteiger partial charge in [0.2, 0.25) is 0 Å². The van der Waals surface area contributed by atoms with Crippen LogP contribution in [0.3, 0.4) is 0 Å². The second kappa shape index (κ2) is 9.19. The number of hydrogen-bond donors (Lipinski definition) is 0. The molecule has 0 unspecified atom stereocenters. The number of rotatable bonds is 8. The monoisotopic (exact) mass is 312 g/mol. The number of aliphatic carboxylic acids is 2. The minimum absolute atomic E-state index is 0.0280. The van der Waals surface area contributed by atoms with Crippen LogP contribution in [0.15, 0.2) is 11.1 Å². The molecule has 1 aliphatic rings. The molecule has 0 amide bonds. The summed E-state index contributed by atoms with van der Waals surface area (Å²) in [6.45, 7) is 0.145. The van der Waals surface area contributed by atoms with E-state index in [1.165, 1.54) is 7.11 Å². The largest absolute Gasteiger partial charge is 0.545 e. The van der Waals surface area contributed by atoms with Gasteiger partial charge in [-0.15, -0.1) is 0 Å². The molecule has 7 heteroatoms. The number of ether oxygens (including phenoxy) is 2. The van der Waals surface area contributed by atoms with Gasteiger partial charge in [-0.1, -0.05) is 19.3 Å². The van der Waals surface area contributed by atoms with E-state index in [4.69, 9.17) is 9.47 Å². The molecule has 0 heterocycles. The van der Waals surface area contributed by atoms with Crippen molar-refractivity contribution < 1.29 is 34.1 Å². The fourth-order valence-corrected chi connectivity index (χ4v) is 2.64. The summed E-state index contributed by atoms with van der Waals surface area (Å²) in [7, 11) is 1.43. The van der Waals surface area contributed by atoms with Crippen LogP contribution in [0, 0.1) is 5.92 Å². The highest BCUT2D eigenvalue weighted by Gasteiger charge is 2.24. The topological polar surface area (TPSA) is 116 Å². The molecule has 0 saturated heterocycles. The summed E-state index contributed by atoms with van der Waals surface area (Å²) in [5.41, 5.74) is -0.877. The number of methoxy groups -OCH3 is 1. The zero-order valence-corrected chi connectivity index (χ0v) is 12.6. The highest BCUT2D eigenvalue weighted by Crippen LogP contribution is 2.32. The van der Waals surface area contributed by atoms with Crippen molar-refractivity contribution in [3.63, 3.8) is 0 Å². The van der Waals surface area contributed by atoms with E-state index in [1.807, 2.05) is 0 Å². The minimum Gasteiger partial charge on any atom is -0.545 e. The first-order valence-corrected chi connectivity index (χ1v) is 7.27. The molecule has 124 valence electrons. The number of carboxylic acid groups (broad SMARTS) is 2. The fourth-order valence-electron chi connectivity index (χ4n) is 2.64. The van der Waals surface area contributed by atoms with Crippen molar-refractivity contribution in [2.45, 2.75) is 38.5 Å². The van der Waals surface area contributed by atoms with E-state index in [2.05, 4.69) is 0 Å². The van der Waals surface area contributed by atoms with Gasteiger partial charge in [-0.05, 0) is 29.9 Å². The molecule has 0 spiro atoms. The van der Waals surface area contributed by atoms with Gasteiger partial charge in [-0.3, -0.25) is 4.79 Å². The van der Waals surface area contributed by atoms with Crippen LogP contribution < -0.4 is 10.2 Å². The molecule has 0 bridgehead atoms. The van der Waals surface area contributed by atoms with E-state index >= 15 is 0 Å². The normalized spacial score (nSPS) is 16.8. The van der Waals surface area contributed by atoms with Gasteiger partial charge in [0.05, 0.1) is 25.0 Å². The minimum atomic E-state index is -1.67. The number of carbonyl (C=O) groups is 3. The van der Waals surface area contributed by atoms with Gasteiger partial charge in [0, 0.05) is 7.11 Å². The smallest absolute Gasteiger partial charge is 0.310 e. The molecule has 0 aliphatic heterocycles. The Labute approximate surface area is 128 Å². The van der Waals surface area contributed by atoms with Crippen molar-refractivity contribution >= 4 is 17.9 Å². The molecular formula is C15H20O7-2. The predicted molar refractivity (Wildman–Crippen MR) is 71.1 cm³/mol. The molecule has 1 rings (SSSR count). The van der Waals surface area contributed by atoms with Gasteiger partial charge in [0.15, 0.2) is 0 Å². The Morgan fingerprint density at radius 2 is 1.64 bits per heavy atom. The molecule has 1 aliphatic carbocycles. The van der Waals surface area contributed by atoms with Crippen molar-refractivity contribution in [2.75, 3.05) is 20.3 Å². The lowest BCUT2D eigenvalue weighted by atomic mass is 9.81. The van der Waals surface area contributed by atoms with Crippen LogP contribution >= 0.6 is 0 Å². The number of esters is 1. The lowest BCUT2D eigenvalue weighted by Crippen LogP contribution is -2.36. The molecule has 0 radical (unpaired) electrons. The first-order chi connectivity index (χ1) is 10.5. The second-order valence-corrected chi connectivity index (χ2v) is 5.19. The highest BCUT2D eigenvalue weighted by molar-refractivity contribution is 6.00. The first-order valence-electron chi connectivity index (χ1n) is 7.27. The van der Waals surface area contributed by atoms with Gasteiger partial charge in [0.25, 0.3) is 0 Å². The predicted octanol–water partition coefficient (Wildman–Crippen LogP) is -1.06. The van der Waals surface area contributed by atoms with Gasteiger partial charge in [-0.2, -0.15) is 0 Å². The van der Waals surface area contributed by atoms with Gasteiger partial charge in [0.1, 0.15) is 6.61 Å². The zero-order valence-electron chi connectivity index (χ0n) is 12.6. The van der Waals surface area contributed by atoms with Crippen LogP contribution in [-0.4, -0.2) is 38.2 Å². The van der Waals surface area contributed by atoms with Gasteiger partial charge in [-0.25, -0.2) is 0 Å². The first kappa shape index (κ1) is 18.2. The van der Waals surface area contributed by atoms with Crippen molar-refractivity contribution in [1.29, 1.82) is 0 Å². The Morgan fingerprint density at radius 3 is 2.14 bits per heavy atom. The third kappa shape index (κ3) is 5.48. The average molecular weight is 312 g/mol. The quantitative estimate of drug-likeness (QED) is 0.319. The molecule has 1 saturated carbocycles. The summed E-state index contributed by atoms with van der Waals surface area (Å²) >= 11 is 0. The maximum Gasteiger partial charge on any atom is 0.310 e. The van der Waals surface area contributed by atoms with E-state index in [1.54, 1.807) is 0 Å². The molecule has 0 N–H and O–H groups in total. The lowest BCUT2D eigenvalue weighted by Gasteiger charge is -2.28. The molecule has 22 heavy (non-hydrogen) atoms. The molecule has 0 aromatic rings. The van der Waals surface area contributed by atoms with Crippen molar-refractivity contribution in [1.82, 2.24) is 0 Å². The Balaban J connectivity index is 2.92. The number of hydrogen-bond acceptors (Lipinski definition) is 7. The van der Waals surface area contributed by atoms with Crippen molar-refractivity contribution in [2.24, 2.45) is 5.92 Å². The van der Waals surface area contributed by atoms with E-state index < -0.39 is 35.8 Å². The molecule has 1 fully saturated rings. The van der Waals surface area contributed by atoms with Gasteiger partial charge < -0.3 is 29.3 Å². The molecule has 0 aromatic carbocycles. The third-order valence-electron chi connectivity index (χ3n) is 3.68. The lowest BCUT2D eigenvalue weighted by molar-refractivity contribution is -0.304. The second-order valence-electron chi connectivity index (χ2n) is 5.19. The summed E-state index contributed by atoms with van der Waals surface area (Å²) < 4.78 is 9.48. The molecule has 7 nitrogen and oxygen atoms in total. The Hall–Kier alpha value is -1.89. The summed E-state index contributed by atoms with van der Waals surface area (Å²) in [6, 6.07) is 0. The van der Waals surface area contributed by atoms with Crippen molar-refractivity contribution in [3.05, 3.63) is 11.1 Å². The van der Waals surface area contributed by atoms with Crippen LogP contribution in [0.5, 0.6) is 0 Å². The summed E-state index contributed by atoms with van der Waals surface area (Å²) in [5.74, 6) is -4.48. The van der Waals surface area contributed by atoms with Crippen LogP contribution in [0.4, 0.5) is 0 Å². The van der Waals surface area contributed by atoms with E-state index in [-0.39, 0.29) is 18.8 Å². The molecule has 0 atom stereocenters. The summed E-state index contributed by atoms with van der Waals surface area (Å²) in [5, 5.41) is 22.6. The zero-order chi connectivity index (χ0) is 16.5. The summed E-state index contributed by atoms with van der Waals surface area (Å²) in [4.78, 5) is 34.2. The SMILES string of the molecule is COCCOC(=O)C/C(C(=O)[O-])=C(\C(=O)[O-])C1CCCCC1. The average Bonchev–Trinajstić information content (AvgIpc) is 2.47. The molecular weight excluding hydrogens is 292 g/mol. The molecule has 0 aromatic heterocycles. The van der Waals surface area contributed by atoms with Crippen LogP contribution in [0.2, 0.25) is 0 Å². The van der Waals surface area contributed by atoms with Gasteiger partial charge >= 0.3 is 5.97 Å².